The second kappa shape index (κ2) is 2.58. The van der Waals surface area contributed by atoms with Crippen molar-refractivity contribution in [2.24, 2.45) is 5.92 Å². The molecule has 0 aromatic carbocycles. The van der Waals surface area contributed by atoms with Gasteiger partial charge in [-0.05, 0) is 26.4 Å². The fourth-order valence-electron chi connectivity index (χ4n) is 1.31. The summed E-state index contributed by atoms with van der Waals surface area (Å²) in [7, 11) is 3.99. The molecule has 0 unspecified atom stereocenters. The Labute approximate surface area is 60.6 Å². The molecule has 58 valence electrons. The minimum absolute atomic E-state index is 0.336. The summed E-state index contributed by atoms with van der Waals surface area (Å²) >= 11 is 0. The van der Waals surface area contributed by atoms with Crippen molar-refractivity contribution in [3.05, 3.63) is 0 Å². The first kappa shape index (κ1) is 7.54. The normalized spacial score (nSPS) is 30.7. The second-order valence-electron chi connectivity index (χ2n) is 3.12. The molecule has 0 bridgehead atoms. The Morgan fingerprint density at radius 2 is 2.30 bits per heavy atom. The van der Waals surface area contributed by atoms with Gasteiger partial charge in [-0.15, -0.1) is 0 Å². The summed E-state index contributed by atoms with van der Waals surface area (Å²) in [6.45, 7) is 0. The van der Waals surface area contributed by atoms with Crippen LogP contribution in [0.4, 0.5) is 0 Å². The Balaban J connectivity index is 2.19. The molecule has 0 aromatic rings. The maximum Gasteiger partial charge on any atom is 0.303 e. The lowest BCUT2D eigenvalue weighted by Crippen LogP contribution is -2.16. The third-order valence-electron chi connectivity index (χ3n) is 1.99. The maximum atomic E-state index is 10.2. The average Bonchev–Trinajstić information content (AvgIpc) is 2.43. The van der Waals surface area contributed by atoms with Gasteiger partial charge in [0.1, 0.15) is 0 Å². The molecule has 1 aliphatic carbocycles. The van der Waals surface area contributed by atoms with Crippen LogP contribution in [0.2, 0.25) is 0 Å². The molecular formula is C7H13NO2. The van der Waals surface area contributed by atoms with Crippen molar-refractivity contribution in [1.82, 2.24) is 4.90 Å². The summed E-state index contributed by atoms with van der Waals surface area (Å²) in [6, 6.07) is 0.524. The second-order valence-corrected chi connectivity index (χ2v) is 3.12. The summed E-state index contributed by atoms with van der Waals surface area (Å²) in [6.07, 6.45) is 1.39. The van der Waals surface area contributed by atoms with E-state index >= 15 is 0 Å². The van der Waals surface area contributed by atoms with Crippen LogP contribution < -0.4 is 0 Å². The molecule has 0 aliphatic heterocycles. The summed E-state index contributed by atoms with van der Waals surface area (Å²) < 4.78 is 0. The highest BCUT2D eigenvalue weighted by molar-refractivity contribution is 5.67. The molecule has 1 saturated carbocycles. The van der Waals surface area contributed by atoms with Crippen LogP contribution in [0.5, 0.6) is 0 Å². The lowest BCUT2D eigenvalue weighted by atomic mass is 10.3. The minimum Gasteiger partial charge on any atom is -0.481 e. The van der Waals surface area contributed by atoms with Gasteiger partial charge < -0.3 is 10.0 Å². The van der Waals surface area contributed by atoms with E-state index in [4.69, 9.17) is 5.11 Å². The van der Waals surface area contributed by atoms with E-state index in [1.54, 1.807) is 0 Å². The van der Waals surface area contributed by atoms with Gasteiger partial charge >= 0.3 is 5.97 Å². The van der Waals surface area contributed by atoms with Crippen LogP contribution in [0.3, 0.4) is 0 Å². The van der Waals surface area contributed by atoms with Crippen molar-refractivity contribution in [2.75, 3.05) is 14.1 Å². The molecule has 1 N–H and O–H groups in total. The van der Waals surface area contributed by atoms with Gasteiger partial charge in [0.25, 0.3) is 0 Å². The van der Waals surface area contributed by atoms with E-state index in [0.717, 1.165) is 6.42 Å². The molecule has 0 radical (unpaired) electrons. The highest BCUT2D eigenvalue weighted by atomic mass is 16.4. The van der Waals surface area contributed by atoms with E-state index in [-0.39, 0.29) is 0 Å². The minimum atomic E-state index is -0.672. The van der Waals surface area contributed by atoms with E-state index in [9.17, 15) is 4.79 Å². The van der Waals surface area contributed by atoms with E-state index in [1.165, 1.54) is 0 Å². The van der Waals surface area contributed by atoms with E-state index in [0.29, 0.717) is 18.4 Å². The van der Waals surface area contributed by atoms with Gasteiger partial charge in [0.05, 0.1) is 0 Å². The van der Waals surface area contributed by atoms with Crippen molar-refractivity contribution in [1.29, 1.82) is 0 Å². The third-order valence-corrected chi connectivity index (χ3v) is 1.99. The van der Waals surface area contributed by atoms with Crippen LogP contribution in [0.25, 0.3) is 0 Å². The number of carboxylic acid groups (broad SMARTS) is 1. The van der Waals surface area contributed by atoms with Gasteiger partial charge in [-0.2, -0.15) is 0 Å². The molecule has 0 aromatic heterocycles. The lowest BCUT2D eigenvalue weighted by Gasteiger charge is -2.06. The first-order valence-corrected chi connectivity index (χ1v) is 3.49. The molecule has 3 nitrogen and oxygen atoms in total. The number of carboxylic acids is 1. The summed E-state index contributed by atoms with van der Waals surface area (Å²) in [5.74, 6) is -0.262. The smallest absolute Gasteiger partial charge is 0.303 e. The van der Waals surface area contributed by atoms with Crippen LogP contribution in [0, 0.1) is 5.92 Å². The van der Waals surface area contributed by atoms with E-state index < -0.39 is 5.97 Å². The molecule has 0 heterocycles. The zero-order chi connectivity index (χ0) is 7.72. The summed E-state index contributed by atoms with van der Waals surface area (Å²) in [5, 5.41) is 8.40. The number of nitrogens with zero attached hydrogens (tertiary/aromatic N) is 1. The van der Waals surface area contributed by atoms with Gasteiger partial charge in [-0.3, -0.25) is 4.79 Å². The summed E-state index contributed by atoms with van der Waals surface area (Å²) in [5.41, 5.74) is 0. The number of rotatable bonds is 3. The van der Waals surface area contributed by atoms with Crippen LogP contribution >= 0.6 is 0 Å². The average molecular weight is 143 g/mol. The molecular weight excluding hydrogens is 130 g/mol. The van der Waals surface area contributed by atoms with Gasteiger partial charge in [-0.1, -0.05) is 0 Å². The quantitative estimate of drug-likeness (QED) is 0.622. The molecule has 1 aliphatic rings. The topological polar surface area (TPSA) is 40.5 Å². The standard InChI is InChI=1S/C7H13NO2/c1-8(2)6-3-5(6)4-7(9)10/h5-6H,3-4H2,1-2H3,(H,9,10)/t5-,6+/m0/s1. The van der Waals surface area contributed by atoms with Crippen LogP contribution in [-0.4, -0.2) is 36.1 Å². The molecule has 2 atom stereocenters. The number of aliphatic carboxylic acids is 1. The van der Waals surface area contributed by atoms with Crippen LogP contribution in [0.1, 0.15) is 12.8 Å². The monoisotopic (exact) mass is 143 g/mol. The van der Waals surface area contributed by atoms with Gasteiger partial charge in [0.2, 0.25) is 0 Å². The van der Waals surface area contributed by atoms with Crippen molar-refractivity contribution in [2.45, 2.75) is 18.9 Å². The van der Waals surface area contributed by atoms with Crippen molar-refractivity contribution >= 4 is 5.97 Å². The Hall–Kier alpha value is -0.570. The van der Waals surface area contributed by atoms with Crippen molar-refractivity contribution < 1.29 is 9.90 Å². The fourth-order valence-corrected chi connectivity index (χ4v) is 1.31. The third kappa shape index (κ3) is 1.70. The summed E-state index contributed by atoms with van der Waals surface area (Å²) in [4.78, 5) is 12.3. The van der Waals surface area contributed by atoms with Gasteiger partial charge in [0.15, 0.2) is 0 Å². The van der Waals surface area contributed by atoms with Crippen molar-refractivity contribution in [3.8, 4) is 0 Å². The lowest BCUT2D eigenvalue weighted by molar-refractivity contribution is -0.137. The Bertz CT molecular complexity index is 145. The molecule has 0 amide bonds. The Kier molecular flexibility index (Phi) is 1.94. The first-order valence-electron chi connectivity index (χ1n) is 3.49. The number of carbonyl (C=O) groups is 1. The number of hydrogen-bond donors (Lipinski definition) is 1. The largest absolute Gasteiger partial charge is 0.481 e. The van der Waals surface area contributed by atoms with Gasteiger partial charge in [0, 0.05) is 12.5 Å². The predicted molar refractivity (Wildman–Crippen MR) is 37.8 cm³/mol. The Morgan fingerprint density at radius 3 is 2.60 bits per heavy atom. The van der Waals surface area contributed by atoms with E-state index in [1.807, 2.05) is 14.1 Å². The SMILES string of the molecule is CN(C)[C@@H]1C[C@H]1CC(=O)O. The molecule has 1 rings (SSSR count). The Morgan fingerprint density at radius 1 is 1.70 bits per heavy atom. The van der Waals surface area contributed by atoms with Gasteiger partial charge in [-0.25, -0.2) is 0 Å². The molecule has 1 fully saturated rings. The first-order chi connectivity index (χ1) is 4.61. The zero-order valence-electron chi connectivity index (χ0n) is 6.37. The van der Waals surface area contributed by atoms with E-state index in [2.05, 4.69) is 4.90 Å². The zero-order valence-corrected chi connectivity index (χ0v) is 6.37. The molecule has 0 spiro atoms. The predicted octanol–water partition coefficient (Wildman–Crippen LogP) is 0.411. The molecule has 3 heteroatoms. The maximum absolute atomic E-state index is 10.2. The van der Waals surface area contributed by atoms with Crippen LogP contribution in [0.15, 0.2) is 0 Å². The highest BCUT2D eigenvalue weighted by Gasteiger charge is 2.39. The van der Waals surface area contributed by atoms with Crippen LogP contribution in [-0.2, 0) is 4.79 Å². The molecule has 10 heavy (non-hydrogen) atoms. The van der Waals surface area contributed by atoms with Crippen molar-refractivity contribution in [3.63, 3.8) is 0 Å². The fraction of sp³-hybridized carbons (Fsp3) is 0.857. The molecule has 0 saturated heterocycles. The number of hydrogen-bond acceptors (Lipinski definition) is 2. The highest BCUT2D eigenvalue weighted by Crippen LogP contribution is 2.36.